The molecular weight excluding hydrogens is 462 g/mol. The normalized spacial score (nSPS) is 16.1. The molecule has 0 saturated carbocycles. The number of pyridine rings is 1. The number of carbonyl (C=O) groups excluding carboxylic acids is 1. The number of nitrogens with zero attached hydrogens (tertiary/aromatic N) is 2. The first-order valence-corrected chi connectivity index (χ1v) is 13.8. The van der Waals surface area contributed by atoms with Crippen LogP contribution in [0.1, 0.15) is 33.3 Å². The van der Waals surface area contributed by atoms with Crippen molar-refractivity contribution >= 4 is 35.2 Å². The molecule has 0 bridgehead atoms. The Morgan fingerprint density at radius 2 is 1.82 bits per heavy atom. The van der Waals surface area contributed by atoms with Gasteiger partial charge < -0.3 is 15.0 Å². The number of ether oxygens (including phenoxy) is 1. The lowest BCUT2D eigenvalue weighted by Crippen LogP contribution is -2.31. The second kappa shape index (κ2) is 11.2. The van der Waals surface area contributed by atoms with Crippen molar-refractivity contribution in [2.45, 2.75) is 30.5 Å². The molecule has 0 atom stereocenters. The molecular formula is C27H29N3O2S2. The van der Waals surface area contributed by atoms with Crippen LogP contribution in [0.4, 0.5) is 5.82 Å². The molecule has 1 amide bonds. The van der Waals surface area contributed by atoms with Crippen LogP contribution in [0.3, 0.4) is 0 Å². The molecule has 1 fully saturated rings. The molecule has 1 saturated heterocycles. The highest BCUT2D eigenvalue weighted by molar-refractivity contribution is 8.16. The number of benzene rings is 2. The Hall–Kier alpha value is -2.64. The fourth-order valence-corrected chi connectivity index (χ4v) is 7.10. The summed E-state index contributed by atoms with van der Waals surface area (Å²) < 4.78 is 6.19. The monoisotopic (exact) mass is 491 g/mol. The average Bonchev–Trinajstić information content (AvgIpc) is 2.91. The molecule has 3 aromatic rings. The first-order chi connectivity index (χ1) is 16.7. The lowest BCUT2D eigenvalue weighted by atomic mass is 10.00. The lowest BCUT2D eigenvalue weighted by Gasteiger charge is -2.29. The zero-order valence-electron chi connectivity index (χ0n) is 19.1. The van der Waals surface area contributed by atoms with E-state index in [0.29, 0.717) is 11.1 Å². The molecule has 176 valence electrons. The largest absolute Gasteiger partial charge is 0.484 e. The van der Waals surface area contributed by atoms with Gasteiger partial charge >= 0.3 is 0 Å². The third kappa shape index (κ3) is 5.88. The fraction of sp³-hybridized carbons (Fsp3) is 0.333. The number of fused-ring (bicyclic) bond motifs is 1. The second-order valence-electron chi connectivity index (χ2n) is 8.53. The Bertz CT molecular complexity index is 1100. The van der Waals surface area contributed by atoms with Gasteiger partial charge in [-0.15, -0.1) is 23.5 Å². The van der Waals surface area contributed by atoms with Gasteiger partial charge in [-0.25, -0.2) is 4.98 Å². The Kier molecular flexibility index (Phi) is 7.61. The van der Waals surface area contributed by atoms with Gasteiger partial charge in [-0.3, -0.25) is 4.79 Å². The van der Waals surface area contributed by atoms with E-state index in [-0.39, 0.29) is 12.5 Å². The molecule has 0 aliphatic carbocycles. The molecule has 5 nitrogen and oxygen atoms in total. The molecule has 2 aliphatic heterocycles. The van der Waals surface area contributed by atoms with Gasteiger partial charge in [0.25, 0.3) is 5.91 Å². The van der Waals surface area contributed by atoms with Crippen LogP contribution in [0.2, 0.25) is 0 Å². The lowest BCUT2D eigenvalue weighted by molar-refractivity contribution is -0.123. The molecule has 34 heavy (non-hydrogen) atoms. The van der Waals surface area contributed by atoms with Crippen molar-refractivity contribution in [3.05, 3.63) is 89.1 Å². The summed E-state index contributed by atoms with van der Waals surface area (Å²) in [6.45, 7) is 2.30. The number of thioether (sulfide) groups is 2. The molecule has 7 heteroatoms. The summed E-state index contributed by atoms with van der Waals surface area (Å²) in [5.41, 5.74) is 5.09. The van der Waals surface area contributed by atoms with Gasteiger partial charge in [0.2, 0.25) is 0 Å². The van der Waals surface area contributed by atoms with Crippen molar-refractivity contribution in [3.8, 4) is 5.75 Å². The third-order valence-corrected chi connectivity index (χ3v) is 9.12. The smallest absolute Gasteiger partial charge is 0.258 e. The molecule has 0 radical (unpaired) electrons. The van der Waals surface area contributed by atoms with Crippen molar-refractivity contribution < 1.29 is 9.53 Å². The molecule has 3 heterocycles. The Morgan fingerprint density at radius 3 is 2.59 bits per heavy atom. The summed E-state index contributed by atoms with van der Waals surface area (Å²) in [5.74, 6) is 4.00. The van der Waals surface area contributed by atoms with Crippen molar-refractivity contribution in [2.24, 2.45) is 0 Å². The van der Waals surface area contributed by atoms with E-state index in [1.165, 1.54) is 34.6 Å². The standard InChI is InChI=1S/C27H29N3O2S2/c31-26(19-32-24-9-7-22(8-10-24)27-33-14-3-15-34-27)29-17-20-6-11-25(28-16-20)30-13-12-21-4-1-2-5-23(21)18-30/h1-2,4-11,16,27H,3,12-15,17-19H2,(H,29,31). The SMILES string of the molecule is O=C(COc1ccc(C2SCCCS2)cc1)NCc1ccc(N2CCc3ccccc3C2)nc1. The Morgan fingerprint density at radius 1 is 1.03 bits per heavy atom. The van der Waals surface area contributed by atoms with E-state index in [2.05, 4.69) is 51.6 Å². The van der Waals surface area contributed by atoms with E-state index in [1.807, 2.05) is 54.0 Å². The van der Waals surface area contributed by atoms with Crippen LogP contribution in [0.15, 0.2) is 66.9 Å². The van der Waals surface area contributed by atoms with Crippen LogP contribution >= 0.6 is 23.5 Å². The minimum Gasteiger partial charge on any atom is -0.484 e. The number of hydrogen-bond acceptors (Lipinski definition) is 6. The number of carbonyl (C=O) groups is 1. The summed E-state index contributed by atoms with van der Waals surface area (Å²) in [6.07, 6.45) is 4.17. The van der Waals surface area contributed by atoms with Gasteiger partial charge in [-0.1, -0.05) is 42.5 Å². The Labute approximate surface area is 209 Å². The predicted octanol–water partition coefficient (Wildman–Crippen LogP) is 5.21. The minimum atomic E-state index is -0.140. The van der Waals surface area contributed by atoms with Crippen LogP contribution in [-0.4, -0.2) is 35.5 Å². The van der Waals surface area contributed by atoms with E-state index in [4.69, 9.17) is 4.74 Å². The van der Waals surface area contributed by atoms with Crippen molar-refractivity contribution in [3.63, 3.8) is 0 Å². The number of rotatable bonds is 7. The van der Waals surface area contributed by atoms with Gasteiger partial charge in [0.15, 0.2) is 6.61 Å². The molecule has 0 spiro atoms. The number of aromatic nitrogens is 1. The topological polar surface area (TPSA) is 54.5 Å². The van der Waals surface area contributed by atoms with E-state index in [9.17, 15) is 4.79 Å². The number of hydrogen-bond donors (Lipinski definition) is 1. The quantitative estimate of drug-likeness (QED) is 0.490. The summed E-state index contributed by atoms with van der Waals surface area (Å²) in [5, 5.41) is 2.92. The molecule has 1 aromatic heterocycles. The highest BCUT2D eigenvalue weighted by atomic mass is 32.2. The van der Waals surface area contributed by atoms with E-state index < -0.39 is 0 Å². The molecule has 5 rings (SSSR count). The molecule has 0 unspecified atom stereocenters. The predicted molar refractivity (Wildman–Crippen MR) is 141 cm³/mol. The first kappa shape index (κ1) is 23.1. The minimum absolute atomic E-state index is 0.00493. The van der Waals surface area contributed by atoms with Gasteiger partial charge in [0, 0.05) is 25.8 Å². The van der Waals surface area contributed by atoms with Crippen LogP contribution in [0, 0.1) is 0 Å². The van der Waals surface area contributed by atoms with Crippen molar-refractivity contribution in [1.82, 2.24) is 10.3 Å². The van der Waals surface area contributed by atoms with E-state index in [1.54, 1.807) is 0 Å². The molecule has 1 N–H and O–H groups in total. The van der Waals surface area contributed by atoms with Gasteiger partial charge in [-0.2, -0.15) is 0 Å². The number of anilines is 1. The van der Waals surface area contributed by atoms with Gasteiger partial charge in [0.1, 0.15) is 11.6 Å². The summed E-state index contributed by atoms with van der Waals surface area (Å²) in [6, 6.07) is 20.8. The van der Waals surface area contributed by atoms with Crippen LogP contribution in [0.25, 0.3) is 0 Å². The van der Waals surface area contributed by atoms with Gasteiger partial charge in [0.05, 0.1) is 4.58 Å². The van der Waals surface area contributed by atoms with Crippen LogP contribution in [-0.2, 0) is 24.3 Å². The van der Waals surface area contributed by atoms with Crippen molar-refractivity contribution in [2.75, 3.05) is 29.6 Å². The Balaban J connectivity index is 1.06. The van der Waals surface area contributed by atoms with E-state index >= 15 is 0 Å². The van der Waals surface area contributed by atoms with Crippen LogP contribution < -0.4 is 15.0 Å². The average molecular weight is 492 g/mol. The summed E-state index contributed by atoms with van der Waals surface area (Å²) >= 11 is 4.00. The number of amides is 1. The maximum absolute atomic E-state index is 12.3. The van der Waals surface area contributed by atoms with E-state index in [0.717, 1.165) is 36.6 Å². The summed E-state index contributed by atoms with van der Waals surface area (Å²) in [4.78, 5) is 19.2. The van der Waals surface area contributed by atoms with Crippen LogP contribution in [0.5, 0.6) is 5.75 Å². The fourth-order valence-electron chi connectivity index (χ4n) is 4.20. The zero-order valence-corrected chi connectivity index (χ0v) is 20.7. The molecule has 2 aromatic carbocycles. The maximum atomic E-state index is 12.3. The van der Waals surface area contributed by atoms with Gasteiger partial charge in [-0.05, 0) is 64.8 Å². The molecule has 2 aliphatic rings. The maximum Gasteiger partial charge on any atom is 0.258 e. The first-order valence-electron chi connectivity index (χ1n) is 11.7. The third-order valence-electron chi connectivity index (χ3n) is 6.10. The zero-order chi connectivity index (χ0) is 23.2. The second-order valence-corrected chi connectivity index (χ2v) is 11.3. The highest BCUT2D eigenvalue weighted by Crippen LogP contribution is 2.43. The number of nitrogens with one attached hydrogen (secondary N) is 1. The highest BCUT2D eigenvalue weighted by Gasteiger charge is 2.18. The summed E-state index contributed by atoms with van der Waals surface area (Å²) in [7, 11) is 0. The van der Waals surface area contributed by atoms with Crippen molar-refractivity contribution in [1.29, 1.82) is 0 Å².